The SMILES string of the molecule is CCc1ncc(S(=O)(=O)NCCCOCCN)[nH]1. The summed E-state index contributed by atoms with van der Waals surface area (Å²) in [6.07, 6.45) is 2.60. The minimum Gasteiger partial charge on any atom is -0.380 e. The van der Waals surface area contributed by atoms with Crippen LogP contribution in [-0.2, 0) is 21.2 Å². The standard InChI is InChI=1S/C10H20N4O3S/c1-2-9-12-8-10(14-9)18(15,16)13-5-3-6-17-7-4-11/h8,13H,2-7,11H2,1H3,(H,12,14). The van der Waals surface area contributed by atoms with Crippen molar-refractivity contribution >= 4 is 10.0 Å². The normalized spacial score (nSPS) is 11.9. The van der Waals surface area contributed by atoms with Crippen LogP contribution in [0.5, 0.6) is 0 Å². The van der Waals surface area contributed by atoms with Crippen LogP contribution in [0.2, 0.25) is 0 Å². The molecular weight excluding hydrogens is 256 g/mol. The molecule has 7 nitrogen and oxygen atoms in total. The van der Waals surface area contributed by atoms with E-state index in [1.807, 2.05) is 6.92 Å². The molecule has 1 heterocycles. The zero-order valence-electron chi connectivity index (χ0n) is 10.5. The maximum absolute atomic E-state index is 11.8. The Morgan fingerprint density at radius 3 is 2.89 bits per heavy atom. The molecule has 0 fully saturated rings. The third kappa shape index (κ3) is 4.73. The van der Waals surface area contributed by atoms with E-state index in [4.69, 9.17) is 10.5 Å². The zero-order valence-corrected chi connectivity index (χ0v) is 11.3. The number of nitrogens with one attached hydrogen (secondary N) is 2. The lowest BCUT2D eigenvalue weighted by atomic mass is 10.5. The molecule has 1 rings (SSSR count). The van der Waals surface area contributed by atoms with Crippen molar-refractivity contribution in [2.45, 2.75) is 24.8 Å². The van der Waals surface area contributed by atoms with E-state index in [1.165, 1.54) is 6.20 Å². The molecule has 0 aliphatic heterocycles. The minimum absolute atomic E-state index is 0.0993. The molecule has 8 heteroatoms. The molecule has 0 amide bonds. The van der Waals surface area contributed by atoms with Gasteiger partial charge in [0.2, 0.25) is 0 Å². The Balaban J connectivity index is 2.36. The van der Waals surface area contributed by atoms with E-state index in [9.17, 15) is 8.42 Å². The number of hydrogen-bond acceptors (Lipinski definition) is 5. The van der Waals surface area contributed by atoms with Crippen molar-refractivity contribution in [3.8, 4) is 0 Å². The Morgan fingerprint density at radius 2 is 2.28 bits per heavy atom. The highest BCUT2D eigenvalue weighted by molar-refractivity contribution is 7.89. The van der Waals surface area contributed by atoms with E-state index in [0.717, 1.165) is 0 Å². The van der Waals surface area contributed by atoms with Gasteiger partial charge in [-0.25, -0.2) is 18.1 Å². The number of aromatic amines is 1. The van der Waals surface area contributed by atoms with Crippen LogP contribution in [-0.4, -0.2) is 44.7 Å². The fraction of sp³-hybridized carbons (Fsp3) is 0.700. The molecule has 0 unspecified atom stereocenters. The molecule has 0 atom stereocenters. The summed E-state index contributed by atoms with van der Waals surface area (Å²) in [5, 5.41) is 0.0993. The Bertz CT molecular complexity index is 444. The number of aromatic nitrogens is 2. The Labute approximate surface area is 107 Å². The molecule has 1 aromatic rings. The highest BCUT2D eigenvalue weighted by Crippen LogP contribution is 2.05. The lowest BCUT2D eigenvalue weighted by Gasteiger charge is -2.05. The van der Waals surface area contributed by atoms with Gasteiger partial charge in [0.25, 0.3) is 10.0 Å². The highest BCUT2D eigenvalue weighted by atomic mass is 32.2. The van der Waals surface area contributed by atoms with E-state index in [-0.39, 0.29) is 5.03 Å². The van der Waals surface area contributed by atoms with E-state index in [2.05, 4.69) is 14.7 Å². The van der Waals surface area contributed by atoms with Crippen molar-refractivity contribution in [3.05, 3.63) is 12.0 Å². The van der Waals surface area contributed by atoms with Crippen molar-refractivity contribution in [1.29, 1.82) is 0 Å². The van der Waals surface area contributed by atoms with Gasteiger partial charge in [0.15, 0.2) is 5.03 Å². The van der Waals surface area contributed by atoms with Gasteiger partial charge in [0, 0.05) is 26.1 Å². The van der Waals surface area contributed by atoms with Gasteiger partial charge in [-0.1, -0.05) is 6.92 Å². The van der Waals surface area contributed by atoms with Gasteiger partial charge in [0.1, 0.15) is 5.82 Å². The average molecular weight is 276 g/mol. The number of rotatable bonds is 9. The summed E-state index contributed by atoms with van der Waals surface area (Å²) in [4.78, 5) is 6.71. The predicted octanol–water partition coefficient (Wildman–Crippen LogP) is -0.384. The van der Waals surface area contributed by atoms with Gasteiger partial charge in [-0.15, -0.1) is 0 Å². The van der Waals surface area contributed by atoms with E-state index in [1.54, 1.807) is 0 Å². The first kappa shape index (κ1) is 15.1. The largest absolute Gasteiger partial charge is 0.380 e. The third-order valence-electron chi connectivity index (χ3n) is 2.25. The number of aryl methyl sites for hydroxylation is 1. The summed E-state index contributed by atoms with van der Waals surface area (Å²) in [7, 11) is -3.49. The Hall–Kier alpha value is -0.960. The summed E-state index contributed by atoms with van der Waals surface area (Å²) in [6, 6.07) is 0. The van der Waals surface area contributed by atoms with Crippen LogP contribution in [0.25, 0.3) is 0 Å². The van der Waals surface area contributed by atoms with E-state index in [0.29, 0.717) is 45.0 Å². The monoisotopic (exact) mass is 276 g/mol. The number of hydrogen-bond donors (Lipinski definition) is 3. The molecule has 18 heavy (non-hydrogen) atoms. The first-order valence-electron chi connectivity index (χ1n) is 5.91. The summed E-state index contributed by atoms with van der Waals surface area (Å²) in [6.45, 7) is 3.68. The molecule has 4 N–H and O–H groups in total. The first-order valence-corrected chi connectivity index (χ1v) is 7.40. The maximum Gasteiger partial charge on any atom is 0.257 e. The number of H-pyrrole nitrogens is 1. The van der Waals surface area contributed by atoms with Gasteiger partial charge in [-0.3, -0.25) is 0 Å². The molecule has 0 saturated heterocycles. The summed E-state index contributed by atoms with van der Waals surface area (Å²) in [5.41, 5.74) is 5.26. The molecular formula is C10H20N4O3S. The average Bonchev–Trinajstić information content (AvgIpc) is 2.83. The van der Waals surface area contributed by atoms with Crippen LogP contribution in [0.3, 0.4) is 0 Å². The van der Waals surface area contributed by atoms with Crippen molar-refractivity contribution in [2.24, 2.45) is 5.73 Å². The minimum atomic E-state index is -3.49. The number of imidazole rings is 1. The first-order chi connectivity index (χ1) is 8.60. The molecule has 0 saturated carbocycles. The van der Waals surface area contributed by atoms with Gasteiger partial charge in [0.05, 0.1) is 12.8 Å². The van der Waals surface area contributed by atoms with Gasteiger partial charge in [-0.2, -0.15) is 0 Å². The molecule has 1 aromatic heterocycles. The maximum atomic E-state index is 11.8. The van der Waals surface area contributed by atoms with Crippen molar-refractivity contribution in [3.63, 3.8) is 0 Å². The highest BCUT2D eigenvalue weighted by Gasteiger charge is 2.15. The Kier molecular flexibility index (Phi) is 6.27. The quantitative estimate of drug-likeness (QED) is 0.532. The van der Waals surface area contributed by atoms with Crippen LogP contribution in [0.4, 0.5) is 0 Å². The molecule has 0 spiro atoms. The van der Waals surface area contributed by atoms with Crippen LogP contribution < -0.4 is 10.5 Å². The molecule has 0 aliphatic rings. The number of nitrogens with zero attached hydrogens (tertiary/aromatic N) is 1. The van der Waals surface area contributed by atoms with Crippen molar-refractivity contribution in [2.75, 3.05) is 26.3 Å². The van der Waals surface area contributed by atoms with Crippen molar-refractivity contribution in [1.82, 2.24) is 14.7 Å². The number of sulfonamides is 1. The molecule has 104 valence electrons. The zero-order chi connectivity index (χ0) is 13.4. The van der Waals surface area contributed by atoms with Gasteiger partial charge < -0.3 is 15.5 Å². The topological polar surface area (TPSA) is 110 Å². The fourth-order valence-corrected chi connectivity index (χ4v) is 2.32. The second-order valence-electron chi connectivity index (χ2n) is 3.70. The second-order valence-corrected chi connectivity index (χ2v) is 5.44. The molecule has 0 aliphatic carbocycles. The predicted molar refractivity (Wildman–Crippen MR) is 67.6 cm³/mol. The lowest BCUT2D eigenvalue weighted by Crippen LogP contribution is -2.26. The van der Waals surface area contributed by atoms with Crippen LogP contribution in [0, 0.1) is 0 Å². The smallest absolute Gasteiger partial charge is 0.257 e. The Morgan fingerprint density at radius 1 is 1.50 bits per heavy atom. The van der Waals surface area contributed by atoms with Gasteiger partial charge >= 0.3 is 0 Å². The summed E-state index contributed by atoms with van der Waals surface area (Å²) < 4.78 is 31.2. The van der Waals surface area contributed by atoms with Crippen LogP contribution >= 0.6 is 0 Å². The van der Waals surface area contributed by atoms with E-state index >= 15 is 0 Å². The van der Waals surface area contributed by atoms with E-state index < -0.39 is 10.0 Å². The van der Waals surface area contributed by atoms with Gasteiger partial charge in [-0.05, 0) is 6.42 Å². The summed E-state index contributed by atoms with van der Waals surface area (Å²) >= 11 is 0. The molecule has 0 aromatic carbocycles. The summed E-state index contributed by atoms with van der Waals surface area (Å²) in [5.74, 6) is 0.654. The third-order valence-corrected chi connectivity index (χ3v) is 3.62. The number of ether oxygens (including phenoxy) is 1. The van der Waals surface area contributed by atoms with Crippen LogP contribution in [0.15, 0.2) is 11.2 Å². The number of nitrogens with two attached hydrogens (primary N) is 1. The second kappa shape index (κ2) is 7.47. The molecule has 0 radical (unpaired) electrons. The van der Waals surface area contributed by atoms with Crippen LogP contribution in [0.1, 0.15) is 19.2 Å². The van der Waals surface area contributed by atoms with Crippen molar-refractivity contribution < 1.29 is 13.2 Å². The lowest BCUT2D eigenvalue weighted by molar-refractivity contribution is 0.140. The fourth-order valence-electron chi connectivity index (χ4n) is 1.30. The molecule has 0 bridgehead atoms.